The molecule has 1 aliphatic carbocycles. The van der Waals surface area contributed by atoms with E-state index < -0.39 is 0 Å². The monoisotopic (exact) mass is 306 g/mol. The van der Waals surface area contributed by atoms with Crippen molar-refractivity contribution in [2.75, 3.05) is 20.1 Å². The highest BCUT2D eigenvalue weighted by atomic mass is 32.1. The number of nitrogens with zero attached hydrogens (tertiary/aromatic N) is 2. The summed E-state index contributed by atoms with van der Waals surface area (Å²) in [4.78, 5) is 29.1. The van der Waals surface area contributed by atoms with Gasteiger partial charge in [-0.05, 0) is 24.3 Å². The molecule has 2 fully saturated rings. The van der Waals surface area contributed by atoms with E-state index >= 15 is 0 Å². The summed E-state index contributed by atoms with van der Waals surface area (Å²) < 4.78 is 0. The lowest BCUT2D eigenvalue weighted by Crippen LogP contribution is -2.57. The Balaban J connectivity index is 1.51. The fourth-order valence-corrected chi connectivity index (χ4v) is 3.98. The van der Waals surface area contributed by atoms with Crippen LogP contribution in [0.15, 0.2) is 17.5 Å². The molecule has 0 atom stereocenters. The van der Waals surface area contributed by atoms with E-state index in [0.29, 0.717) is 19.1 Å². The summed E-state index contributed by atoms with van der Waals surface area (Å²) in [6, 6.07) is 4.14. The molecule has 3 rings (SSSR count). The number of thiophene rings is 1. The van der Waals surface area contributed by atoms with Crippen molar-refractivity contribution in [3.8, 4) is 0 Å². The molecule has 1 saturated heterocycles. The average Bonchev–Trinajstić information content (AvgIpc) is 2.99. The Bertz CT molecular complexity index is 502. The molecule has 1 aromatic heterocycles. The molecule has 0 N–H and O–H groups in total. The van der Waals surface area contributed by atoms with Gasteiger partial charge in [0.05, 0.1) is 10.8 Å². The first-order valence-corrected chi connectivity index (χ1v) is 8.64. The van der Waals surface area contributed by atoms with Gasteiger partial charge in [-0.3, -0.25) is 9.59 Å². The fourth-order valence-electron chi connectivity index (χ4n) is 3.29. The highest BCUT2D eigenvalue weighted by Crippen LogP contribution is 2.26. The summed E-state index contributed by atoms with van der Waals surface area (Å²) >= 11 is 1.46. The summed E-state index contributed by atoms with van der Waals surface area (Å²) in [7, 11) is 1.93. The van der Waals surface area contributed by atoms with Crippen LogP contribution in [-0.2, 0) is 4.79 Å². The van der Waals surface area contributed by atoms with Crippen LogP contribution in [0.1, 0.15) is 41.8 Å². The maximum absolute atomic E-state index is 12.5. The third kappa shape index (κ3) is 2.98. The van der Waals surface area contributed by atoms with Crippen LogP contribution in [-0.4, -0.2) is 47.8 Å². The van der Waals surface area contributed by atoms with Gasteiger partial charge in [-0.1, -0.05) is 25.3 Å². The summed E-state index contributed by atoms with van der Waals surface area (Å²) in [5.41, 5.74) is 0. The van der Waals surface area contributed by atoms with Crippen LogP contribution in [0.5, 0.6) is 0 Å². The molecule has 1 aromatic rings. The number of amides is 2. The topological polar surface area (TPSA) is 40.6 Å². The summed E-state index contributed by atoms with van der Waals surface area (Å²) in [6.45, 7) is 1.15. The van der Waals surface area contributed by atoms with E-state index in [0.717, 1.165) is 17.7 Å². The van der Waals surface area contributed by atoms with Crippen LogP contribution in [0.25, 0.3) is 0 Å². The first kappa shape index (κ1) is 14.6. The number of hydrogen-bond donors (Lipinski definition) is 0. The molecule has 5 heteroatoms. The van der Waals surface area contributed by atoms with Crippen molar-refractivity contribution in [1.82, 2.24) is 9.80 Å². The Labute approximate surface area is 129 Å². The molecule has 0 aromatic carbocycles. The molecule has 0 spiro atoms. The van der Waals surface area contributed by atoms with Crippen LogP contribution in [0.4, 0.5) is 0 Å². The predicted molar refractivity (Wildman–Crippen MR) is 83.4 cm³/mol. The predicted octanol–water partition coefficient (Wildman–Crippen LogP) is 2.61. The second-order valence-electron chi connectivity index (χ2n) is 6.13. The quantitative estimate of drug-likeness (QED) is 0.861. The van der Waals surface area contributed by atoms with Crippen LogP contribution in [0.3, 0.4) is 0 Å². The van der Waals surface area contributed by atoms with E-state index in [1.165, 1.54) is 30.6 Å². The SMILES string of the molecule is CN(C(=O)C1CN(C(=O)c2cccs2)C1)C1CCCCC1. The average molecular weight is 306 g/mol. The third-order valence-electron chi connectivity index (χ3n) is 4.72. The lowest BCUT2D eigenvalue weighted by Gasteiger charge is -2.42. The minimum Gasteiger partial charge on any atom is -0.342 e. The van der Waals surface area contributed by atoms with Crippen LogP contribution < -0.4 is 0 Å². The maximum atomic E-state index is 12.5. The molecule has 1 saturated carbocycles. The van der Waals surface area contributed by atoms with E-state index in [1.807, 2.05) is 29.5 Å². The second kappa shape index (κ2) is 6.18. The molecule has 0 radical (unpaired) electrons. The molecular formula is C16H22N2O2S. The zero-order chi connectivity index (χ0) is 14.8. The molecule has 2 aliphatic rings. The molecule has 114 valence electrons. The van der Waals surface area contributed by atoms with Crippen molar-refractivity contribution in [2.24, 2.45) is 5.92 Å². The number of rotatable bonds is 3. The molecule has 2 amide bonds. The molecular weight excluding hydrogens is 284 g/mol. The van der Waals surface area contributed by atoms with Crippen LogP contribution in [0, 0.1) is 5.92 Å². The zero-order valence-electron chi connectivity index (χ0n) is 12.5. The lowest BCUT2D eigenvalue weighted by atomic mass is 9.92. The van der Waals surface area contributed by atoms with E-state index in [4.69, 9.17) is 0 Å². The number of hydrogen-bond acceptors (Lipinski definition) is 3. The number of carbonyl (C=O) groups excluding carboxylic acids is 2. The van der Waals surface area contributed by atoms with Crippen molar-refractivity contribution in [2.45, 2.75) is 38.1 Å². The standard InChI is InChI=1S/C16H22N2O2S/c1-17(13-6-3-2-4-7-13)15(19)12-10-18(11-12)16(20)14-8-5-9-21-14/h5,8-9,12-13H,2-4,6-7,10-11H2,1H3. The highest BCUT2D eigenvalue weighted by Gasteiger charge is 2.39. The van der Waals surface area contributed by atoms with Gasteiger partial charge in [0.1, 0.15) is 0 Å². The zero-order valence-corrected chi connectivity index (χ0v) is 13.3. The largest absolute Gasteiger partial charge is 0.342 e. The van der Waals surface area contributed by atoms with Crippen molar-refractivity contribution in [3.63, 3.8) is 0 Å². The second-order valence-corrected chi connectivity index (χ2v) is 7.07. The Hall–Kier alpha value is -1.36. The van der Waals surface area contributed by atoms with Gasteiger partial charge >= 0.3 is 0 Å². The Morgan fingerprint density at radius 3 is 2.57 bits per heavy atom. The fraction of sp³-hybridized carbons (Fsp3) is 0.625. The van der Waals surface area contributed by atoms with Crippen molar-refractivity contribution < 1.29 is 9.59 Å². The van der Waals surface area contributed by atoms with Crippen LogP contribution in [0.2, 0.25) is 0 Å². The first-order valence-electron chi connectivity index (χ1n) is 7.76. The Morgan fingerprint density at radius 2 is 1.95 bits per heavy atom. The summed E-state index contributed by atoms with van der Waals surface area (Å²) in [5, 5.41) is 1.91. The highest BCUT2D eigenvalue weighted by molar-refractivity contribution is 7.12. The van der Waals surface area contributed by atoms with Crippen molar-refractivity contribution in [1.29, 1.82) is 0 Å². The Morgan fingerprint density at radius 1 is 1.24 bits per heavy atom. The van der Waals surface area contributed by atoms with Gasteiger partial charge in [-0.15, -0.1) is 11.3 Å². The van der Waals surface area contributed by atoms with Crippen molar-refractivity contribution in [3.05, 3.63) is 22.4 Å². The number of carbonyl (C=O) groups is 2. The minimum absolute atomic E-state index is 0.000777. The van der Waals surface area contributed by atoms with E-state index in [2.05, 4.69) is 0 Å². The van der Waals surface area contributed by atoms with Crippen molar-refractivity contribution >= 4 is 23.2 Å². The third-order valence-corrected chi connectivity index (χ3v) is 5.58. The summed E-state index contributed by atoms with van der Waals surface area (Å²) in [5.74, 6) is 0.285. The maximum Gasteiger partial charge on any atom is 0.263 e. The summed E-state index contributed by atoms with van der Waals surface area (Å²) in [6.07, 6.45) is 6.02. The molecule has 4 nitrogen and oxygen atoms in total. The molecule has 1 aliphatic heterocycles. The smallest absolute Gasteiger partial charge is 0.263 e. The van der Waals surface area contributed by atoms with E-state index in [9.17, 15) is 9.59 Å². The van der Waals surface area contributed by atoms with E-state index in [-0.39, 0.29) is 17.7 Å². The van der Waals surface area contributed by atoms with Gasteiger partial charge in [0, 0.05) is 26.2 Å². The normalized spacial score (nSPS) is 20.1. The molecule has 0 unspecified atom stereocenters. The number of likely N-dealkylation sites (tertiary alicyclic amines) is 1. The first-order chi connectivity index (χ1) is 10.2. The van der Waals surface area contributed by atoms with Gasteiger partial charge in [0.2, 0.25) is 5.91 Å². The Kier molecular flexibility index (Phi) is 4.29. The van der Waals surface area contributed by atoms with E-state index in [1.54, 1.807) is 4.90 Å². The van der Waals surface area contributed by atoms with Gasteiger partial charge in [0.25, 0.3) is 5.91 Å². The minimum atomic E-state index is 0.000777. The van der Waals surface area contributed by atoms with Crippen LogP contribution >= 0.6 is 11.3 Å². The lowest BCUT2D eigenvalue weighted by molar-refractivity contribution is -0.141. The molecule has 2 heterocycles. The van der Waals surface area contributed by atoms with Gasteiger partial charge in [-0.2, -0.15) is 0 Å². The van der Waals surface area contributed by atoms with Gasteiger partial charge < -0.3 is 9.80 Å². The molecule has 21 heavy (non-hydrogen) atoms. The van der Waals surface area contributed by atoms with Gasteiger partial charge in [-0.25, -0.2) is 0 Å². The van der Waals surface area contributed by atoms with Gasteiger partial charge in [0.15, 0.2) is 0 Å². The molecule has 0 bridgehead atoms.